The normalized spacial score (nSPS) is 24.4. The number of hydrogen-bond donors (Lipinski definition) is 0. The van der Waals surface area contributed by atoms with Crippen molar-refractivity contribution in [2.45, 2.75) is 45.6 Å². The number of carbonyl (C=O) groups excluding carboxylic acids is 1. The van der Waals surface area contributed by atoms with Gasteiger partial charge in [-0.2, -0.15) is 5.10 Å². The van der Waals surface area contributed by atoms with Crippen LogP contribution in [0.4, 0.5) is 14.7 Å². The Balaban J connectivity index is 1.62. The molecule has 2 aliphatic rings. The molecule has 1 amide bonds. The van der Waals surface area contributed by atoms with Crippen molar-refractivity contribution in [3.8, 4) is 0 Å². The van der Waals surface area contributed by atoms with Crippen molar-refractivity contribution in [2.24, 2.45) is 12.5 Å². The van der Waals surface area contributed by atoms with Gasteiger partial charge in [-0.3, -0.25) is 9.48 Å². The van der Waals surface area contributed by atoms with E-state index in [-0.39, 0.29) is 18.4 Å². The van der Waals surface area contributed by atoms with Gasteiger partial charge in [0.05, 0.1) is 29.9 Å². The van der Waals surface area contributed by atoms with Crippen LogP contribution in [0.1, 0.15) is 36.3 Å². The molecule has 4 rings (SSSR count). The SMILES string of the molecule is Cc1ccnc(N2CC(F)(F)C[C@@]3(CCCN(Cc4cc(C)nn4C)C3=O)C2)n1. The maximum absolute atomic E-state index is 14.8. The van der Waals surface area contributed by atoms with Gasteiger partial charge in [0, 0.05) is 38.4 Å². The van der Waals surface area contributed by atoms with E-state index in [4.69, 9.17) is 0 Å². The summed E-state index contributed by atoms with van der Waals surface area (Å²) in [5, 5.41) is 4.32. The molecule has 2 aromatic rings. The number of halogens is 2. The van der Waals surface area contributed by atoms with Crippen molar-refractivity contribution in [3.63, 3.8) is 0 Å². The van der Waals surface area contributed by atoms with E-state index < -0.39 is 24.3 Å². The number of piperidine rings is 2. The summed E-state index contributed by atoms with van der Waals surface area (Å²) in [4.78, 5) is 25.1. The molecule has 0 saturated carbocycles. The Morgan fingerprint density at radius 3 is 2.69 bits per heavy atom. The molecule has 1 atom stereocenters. The molecule has 7 nitrogen and oxygen atoms in total. The summed E-state index contributed by atoms with van der Waals surface area (Å²) in [6, 6.07) is 3.65. The number of anilines is 1. The first-order valence-electron chi connectivity index (χ1n) is 9.89. The standard InChI is InChI=1S/C20H26F2N6O/c1-14-5-7-23-18(24-14)28-12-19(11-20(21,22)13-28)6-4-8-27(17(19)29)10-16-9-15(2)25-26(16)3/h5,7,9H,4,6,8,10-13H2,1-3H3/t19-/m0/s1. The van der Waals surface area contributed by atoms with E-state index in [0.29, 0.717) is 31.6 Å². The van der Waals surface area contributed by atoms with Gasteiger partial charge in [-0.1, -0.05) is 0 Å². The van der Waals surface area contributed by atoms with Crippen LogP contribution in [0.3, 0.4) is 0 Å². The third kappa shape index (κ3) is 3.82. The zero-order valence-electron chi connectivity index (χ0n) is 17.0. The van der Waals surface area contributed by atoms with Crippen LogP contribution in [0, 0.1) is 19.3 Å². The van der Waals surface area contributed by atoms with Crippen LogP contribution in [0.5, 0.6) is 0 Å². The molecule has 2 aromatic heterocycles. The predicted molar refractivity (Wildman–Crippen MR) is 104 cm³/mol. The number of aryl methyl sites for hydroxylation is 3. The van der Waals surface area contributed by atoms with Crippen molar-refractivity contribution in [1.82, 2.24) is 24.6 Å². The zero-order chi connectivity index (χ0) is 20.8. The van der Waals surface area contributed by atoms with Gasteiger partial charge in [-0.25, -0.2) is 18.7 Å². The largest absolute Gasteiger partial charge is 0.336 e. The molecule has 2 aliphatic heterocycles. The highest BCUT2D eigenvalue weighted by Gasteiger charge is 2.55. The molecule has 0 bridgehead atoms. The monoisotopic (exact) mass is 404 g/mol. The fourth-order valence-corrected chi connectivity index (χ4v) is 4.66. The van der Waals surface area contributed by atoms with Crippen molar-refractivity contribution >= 4 is 11.9 Å². The van der Waals surface area contributed by atoms with Gasteiger partial charge in [0.1, 0.15) is 0 Å². The molecule has 0 N–H and O–H groups in total. The van der Waals surface area contributed by atoms with Crippen LogP contribution in [-0.4, -0.2) is 56.1 Å². The number of hydrogen-bond acceptors (Lipinski definition) is 5. The van der Waals surface area contributed by atoms with Crippen LogP contribution in [0.2, 0.25) is 0 Å². The Morgan fingerprint density at radius 1 is 1.21 bits per heavy atom. The minimum Gasteiger partial charge on any atom is -0.336 e. The van der Waals surface area contributed by atoms with Gasteiger partial charge in [-0.15, -0.1) is 0 Å². The average molecular weight is 404 g/mol. The predicted octanol–water partition coefficient (Wildman–Crippen LogP) is 2.48. The van der Waals surface area contributed by atoms with Crippen molar-refractivity contribution in [3.05, 3.63) is 35.4 Å². The highest BCUT2D eigenvalue weighted by molar-refractivity contribution is 5.84. The van der Waals surface area contributed by atoms with Gasteiger partial charge in [-0.05, 0) is 38.8 Å². The molecule has 9 heteroatoms. The summed E-state index contributed by atoms with van der Waals surface area (Å²) in [5.74, 6) is -2.93. The van der Waals surface area contributed by atoms with E-state index in [2.05, 4.69) is 15.1 Å². The van der Waals surface area contributed by atoms with Crippen molar-refractivity contribution in [2.75, 3.05) is 24.5 Å². The molecule has 0 aromatic carbocycles. The molecule has 29 heavy (non-hydrogen) atoms. The molecule has 0 aliphatic carbocycles. The smallest absolute Gasteiger partial charge is 0.266 e. The fraction of sp³-hybridized carbons (Fsp3) is 0.600. The minimum absolute atomic E-state index is 0.209. The Morgan fingerprint density at radius 2 is 2.00 bits per heavy atom. The number of aromatic nitrogens is 4. The summed E-state index contributed by atoms with van der Waals surface area (Å²) < 4.78 is 31.3. The van der Waals surface area contributed by atoms with E-state index >= 15 is 0 Å². The van der Waals surface area contributed by atoms with Crippen molar-refractivity contribution in [1.29, 1.82) is 0 Å². The maximum atomic E-state index is 14.8. The zero-order valence-corrected chi connectivity index (χ0v) is 17.0. The lowest BCUT2D eigenvalue weighted by molar-refractivity contribution is -0.157. The average Bonchev–Trinajstić information content (AvgIpc) is 2.95. The Hall–Kier alpha value is -2.58. The molecule has 1 spiro atoms. The van der Waals surface area contributed by atoms with Crippen LogP contribution in [0.15, 0.2) is 18.3 Å². The van der Waals surface area contributed by atoms with Gasteiger partial charge in [0.25, 0.3) is 5.92 Å². The topological polar surface area (TPSA) is 67.2 Å². The fourth-order valence-electron chi connectivity index (χ4n) is 4.66. The quantitative estimate of drug-likeness (QED) is 0.786. The van der Waals surface area contributed by atoms with Crippen LogP contribution in [-0.2, 0) is 18.4 Å². The third-order valence-electron chi connectivity index (χ3n) is 5.85. The third-order valence-corrected chi connectivity index (χ3v) is 5.85. The second-order valence-electron chi connectivity index (χ2n) is 8.40. The Labute approximate surface area is 168 Å². The van der Waals surface area contributed by atoms with E-state index in [0.717, 1.165) is 11.4 Å². The molecule has 2 saturated heterocycles. The number of carbonyl (C=O) groups is 1. The summed E-state index contributed by atoms with van der Waals surface area (Å²) in [5.41, 5.74) is 1.35. The summed E-state index contributed by atoms with van der Waals surface area (Å²) in [6.07, 6.45) is 2.28. The van der Waals surface area contributed by atoms with Crippen molar-refractivity contribution < 1.29 is 13.6 Å². The maximum Gasteiger partial charge on any atom is 0.266 e. The Bertz CT molecular complexity index is 929. The van der Waals surface area contributed by atoms with E-state index in [1.165, 1.54) is 4.90 Å². The second kappa shape index (κ2) is 7.03. The minimum atomic E-state index is -2.98. The summed E-state index contributed by atoms with van der Waals surface area (Å²) in [6.45, 7) is 4.39. The van der Waals surface area contributed by atoms with E-state index in [1.807, 2.05) is 20.0 Å². The van der Waals surface area contributed by atoms with Gasteiger partial charge < -0.3 is 9.80 Å². The number of alkyl halides is 2. The van der Waals surface area contributed by atoms with Gasteiger partial charge in [0.2, 0.25) is 11.9 Å². The van der Waals surface area contributed by atoms with Crippen LogP contribution in [0.25, 0.3) is 0 Å². The lowest BCUT2D eigenvalue weighted by Crippen LogP contribution is -2.61. The first-order valence-corrected chi connectivity index (χ1v) is 9.89. The van der Waals surface area contributed by atoms with Crippen LogP contribution >= 0.6 is 0 Å². The molecular formula is C20H26F2N6O. The van der Waals surface area contributed by atoms with Crippen LogP contribution < -0.4 is 4.90 Å². The first-order chi connectivity index (χ1) is 13.7. The van der Waals surface area contributed by atoms with Gasteiger partial charge >= 0.3 is 0 Å². The number of likely N-dealkylation sites (tertiary alicyclic amines) is 1. The summed E-state index contributed by atoms with van der Waals surface area (Å²) in [7, 11) is 1.83. The molecule has 2 fully saturated rings. The highest BCUT2D eigenvalue weighted by atomic mass is 19.3. The number of rotatable bonds is 3. The molecule has 4 heterocycles. The van der Waals surface area contributed by atoms with E-state index in [9.17, 15) is 13.6 Å². The number of nitrogens with zero attached hydrogens (tertiary/aromatic N) is 6. The molecule has 0 radical (unpaired) electrons. The highest BCUT2D eigenvalue weighted by Crippen LogP contribution is 2.46. The molecule has 0 unspecified atom stereocenters. The molecular weight excluding hydrogens is 378 g/mol. The lowest BCUT2D eigenvalue weighted by Gasteiger charge is -2.49. The van der Waals surface area contributed by atoms with Gasteiger partial charge in [0.15, 0.2) is 0 Å². The first kappa shape index (κ1) is 19.7. The molecule has 156 valence electrons. The lowest BCUT2D eigenvalue weighted by atomic mass is 9.71. The number of amides is 1. The second-order valence-corrected chi connectivity index (χ2v) is 8.40. The Kier molecular flexibility index (Phi) is 4.78. The summed E-state index contributed by atoms with van der Waals surface area (Å²) >= 11 is 0. The van der Waals surface area contributed by atoms with E-state index in [1.54, 1.807) is 28.8 Å².